The molecule has 1 heterocycles. The van der Waals surface area contributed by atoms with Gasteiger partial charge in [-0.1, -0.05) is 6.08 Å². The first-order valence-electron chi connectivity index (χ1n) is 4.56. The molecule has 1 aliphatic rings. The van der Waals surface area contributed by atoms with Crippen molar-refractivity contribution in [2.75, 3.05) is 6.61 Å². The van der Waals surface area contributed by atoms with Crippen LogP contribution in [-0.4, -0.2) is 18.4 Å². The van der Waals surface area contributed by atoms with Crippen LogP contribution >= 0.6 is 0 Å². The molecule has 0 aromatic rings. The largest absolute Gasteiger partial charge is 0.462 e. The molecule has 0 aromatic heterocycles. The van der Waals surface area contributed by atoms with Crippen LogP contribution in [0, 0.1) is 0 Å². The number of hydrogen-bond acceptors (Lipinski definition) is 3. The number of carbonyl (C=O) groups excluding carboxylic acids is 2. The summed E-state index contributed by atoms with van der Waals surface area (Å²) in [5.41, 5.74) is 0.729. The molecule has 0 spiro atoms. The maximum absolute atomic E-state index is 11.1. The minimum absolute atomic E-state index is 0.154. The Morgan fingerprint density at radius 3 is 3.00 bits per heavy atom. The third-order valence-corrected chi connectivity index (χ3v) is 1.97. The highest BCUT2D eigenvalue weighted by molar-refractivity contribution is 5.89. The first kappa shape index (κ1) is 9.96. The van der Waals surface area contributed by atoms with Gasteiger partial charge >= 0.3 is 5.97 Å². The summed E-state index contributed by atoms with van der Waals surface area (Å²) < 4.78 is 4.86. The summed E-state index contributed by atoms with van der Waals surface area (Å²) in [5, 5.41) is 0. The second kappa shape index (κ2) is 4.80. The first-order valence-corrected chi connectivity index (χ1v) is 4.56. The predicted molar refractivity (Wildman–Crippen MR) is 48.2 cm³/mol. The number of cyclic esters (lactones) is 1. The summed E-state index contributed by atoms with van der Waals surface area (Å²) in [7, 11) is 0. The van der Waals surface area contributed by atoms with Crippen molar-refractivity contribution >= 4 is 11.8 Å². The van der Waals surface area contributed by atoms with Gasteiger partial charge in [-0.05, 0) is 26.2 Å². The summed E-state index contributed by atoms with van der Waals surface area (Å²) >= 11 is 0. The van der Waals surface area contributed by atoms with Gasteiger partial charge in [0.1, 0.15) is 5.78 Å². The number of hydrogen-bond donors (Lipinski definition) is 0. The minimum Gasteiger partial charge on any atom is -0.462 e. The Bertz CT molecular complexity index is 241. The zero-order chi connectivity index (χ0) is 9.68. The molecule has 0 atom stereocenters. The number of esters is 1. The molecule has 0 N–H and O–H groups in total. The molecule has 13 heavy (non-hydrogen) atoms. The van der Waals surface area contributed by atoms with E-state index >= 15 is 0 Å². The van der Waals surface area contributed by atoms with Crippen LogP contribution in [0.4, 0.5) is 0 Å². The van der Waals surface area contributed by atoms with Gasteiger partial charge in [0, 0.05) is 12.0 Å². The predicted octanol–water partition coefficient (Wildman–Crippen LogP) is 1.62. The maximum atomic E-state index is 11.1. The van der Waals surface area contributed by atoms with Gasteiger partial charge in [0.05, 0.1) is 6.61 Å². The van der Waals surface area contributed by atoms with Crippen LogP contribution < -0.4 is 0 Å². The van der Waals surface area contributed by atoms with Crippen molar-refractivity contribution in [3.05, 3.63) is 11.6 Å². The van der Waals surface area contributed by atoms with Gasteiger partial charge < -0.3 is 9.53 Å². The normalized spacial score (nSPS) is 20.1. The number of ether oxygens (including phenoxy) is 1. The topological polar surface area (TPSA) is 43.4 Å². The van der Waals surface area contributed by atoms with Crippen LogP contribution in [0.2, 0.25) is 0 Å². The van der Waals surface area contributed by atoms with E-state index < -0.39 is 0 Å². The summed E-state index contributed by atoms with van der Waals surface area (Å²) in [4.78, 5) is 21.7. The molecule has 0 aliphatic carbocycles. The van der Waals surface area contributed by atoms with Crippen molar-refractivity contribution in [3.8, 4) is 0 Å². The smallest absolute Gasteiger partial charge is 0.333 e. The van der Waals surface area contributed by atoms with Crippen molar-refractivity contribution in [2.24, 2.45) is 0 Å². The van der Waals surface area contributed by atoms with E-state index in [0.29, 0.717) is 19.4 Å². The third-order valence-electron chi connectivity index (χ3n) is 1.97. The summed E-state index contributed by atoms with van der Waals surface area (Å²) in [6.45, 7) is 2.08. The second-order valence-corrected chi connectivity index (χ2v) is 3.21. The van der Waals surface area contributed by atoms with E-state index in [-0.39, 0.29) is 11.8 Å². The zero-order valence-electron chi connectivity index (χ0n) is 7.84. The van der Waals surface area contributed by atoms with Crippen molar-refractivity contribution in [1.82, 2.24) is 0 Å². The average molecular weight is 182 g/mol. The van der Waals surface area contributed by atoms with Crippen molar-refractivity contribution < 1.29 is 14.3 Å². The molecule has 3 heteroatoms. The van der Waals surface area contributed by atoms with Crippen LogP contribution in [0.25, 0.3) is 0 Å². The van der Waals surface area contributed by atoms with E-state index in [1.165, 1.54) is 0 Å². The van der Waals surface area contributed by atoms with Gasteiger partial charge in [0.2, 0.25) is 0 Å². The van der Waals surface area contributed by atoms with E-state index in [4.69, 9.17) is 4.74 Å². The highest BCUT2D eigenvalue weighted by atomic mass is 16.5. The Hall–Kier alpha value is -1.12. The SMILES string of the molecule is CC(=O)CCC=C1CCCOC1=O. The lowest BCUT2D eigenvalue weighted by atomic mass is 10.1. The zero-order valence-corrected chi connectivity index (χ0v) is 7.84. The van der Waals surface area contributed by atoms with Crippen molar-refractivity contribution in [2.45, 2.75) is 32.6 Å². The summed E-state index contributed by atoms with van der Waals surface area (Å²) in [6, 6.07) is 0. The number of ketones is 1. The van der Waals surface area contributed by atoms with E-state index in [2.05, 4.69) is 0 Å². The van der Waals surface area contributed by atoms with Crippen LogP contribution in [0.1, 0.15) is 32.6 Å². The van der Waals surface area contributed by atoms with Crippen molar-refractivity contribution in [3.63, 3.8) is 0 Å². The minimum atomic E-state index is -0.213. The lowest BCUT2D eigenvalue weighted by Gasteiger charge is -2.13. The Kier molecular flexibility index (Phi) is 3.68. The molecule has 1 fully saturated rings. The van der Waals surface area contributed by atoms with Gasteiger partial charge in [-0.15, -0.1) is 0 Å². The molecule has 0 radical (unpaired) electrons. The fourth-order valence-corrected chi connectivity index (χ4v) is 1.26. The third kappa shape index (κ3) is 3.40. The highest BCUT2D eigenvalue weighted by Gasteiger charge is 2.15. The maximum Gasteiger partial charge on any atom is 0.333 e. The Labute approximate surface area is 77.8 Å². The molecule has 0 amide bonds. The molecule has 1 rings (SSSR count). The van der Waals surface area contributed by atoms with E-state index in [0.717, 1.165) is 18.4 Å². The number of rotatable bonds is 3. The molecule has 0 unspecified atom stereocenters. The van der Waals surface area contributed by atoms with Crippen LogP contribution in [0.5, 0.6) is 0 Å². The molecule has 0 saturated carbocycles. The fourth-order valence-electron chi connectivity index (χ4n) is 1.26. The van der Waals surface area contributed by atoms with Gasteiger partial charge in [-0.2, -0.15) is 0 Å². The lowest BCUT2D eigenvalue weighted by Crippen LogP contribution is -2.15. The lowest BCUT2D eigenvalue weighted by molar-refractivity contribution is -0.141. The van der Waals surface area contributed by atoms with E-state index in [1.807, 2.05) is 6.08 Å². The van der Waals surface area contributed by atoms with E-state index in [9.17, 15) is 9.59 Å². The van der Waals surface area contributed by atoms with Gasteiger partial charge in [-0.25, -0.2) is 4.79 Å². The molecule has 0 aromatic carbocycles. The number of allylic oxidation sites excluding steroid dienone is 1. The van der Waals surface area contributed by atoms with Gasteiger partial charge in [-0.3, -0.25) is 0 Å². The van der Waals surface area contributed by atoms with Gasteiger partial charge in [0.25, 0.3) is 0 Å². The Morgan fingerprint density at radius 1 is 1.62 bits per heavy atom. The molecule has 1 aliphatic heterocycles. The summed E-state index contributed by atoms with van der Waals surface area (Å²) in [6.07, 6.45) is 4.67. The summed E-state index contributed by atoms with van der Waals surface area (Å²) in [5.74, 6) is -0.0594. The first-order chi connectivity index (χ1) is 6.20. The molecule has 0 bridgehead atoms. The van der Waals surface area contributed by atoms with Gasteiger partial charge in [0.15, 0.2) is 0 Å². The van der Waals surface area contributed by atoms with Crippen LogP contribution in [0.3, 0.4) is 0 Å². The molecule has 3 nitrogen and oxygen atoms in total. The highest BCUT2D eigenvalue weighted by Crippen LogP contribution is 2.14. The van der Waals surface area contributed by atoms with Crippen LogP contribution in [-0.2, 0) is 14.3 Å². The average Bonchev–Trinajstić information content (AvgIpc) is 2.08. The number of Topliss-reactive ketones (excluding diaryl/α,β-unsaturated/α-hetero) is 1. The quantitative estimate of drug-likeness (QED) is 0.492. The molecule has 1 saturated heterocycles. The Morgan fingerprint density at radius 2 is 2.38 bits per heavy atom. The second-order valence-electron chi connectivity index (χ2n) is 3.21. The molecular formula is C10H14O3. The Balaban J connectivity index is 2.39. The van der Waals surface area contributed by atoms with Crippen molar-refractivity contribution in [1.29, 1.82) is 0 Å². The number of carbonyl (C=O) groups is 2. The molecule has 72 valence electrons. The van der Waals surface area contributed by atoms with E-state index in [1.54, 1.807) is 6.92 Å². The monoisotopic (exact) mass is 182 g/mol. The van der Waals surface area contributed by atoms with Crippen LogP contribution in [0.15, 0.2) is 11.6 Å². The molecular weight excluding hydrogens is 168 g/mol. The fraction of sp³-hybridized carbons (Fsp3) is 0.600. The standard InChI is InChI=1S/C10H14O3/c1-8(11)4-2-5-9-6-3-7-13-10(9)12/h5H,2-4,6-7H2,1H3.